The van der Waals surface area contributed by atoms with Gasteiger partial charge in [0.15, 0.2) is 0 Å². The fourth-order valence-corrected chi connectivity index (χ4v) is 2.13. The minimum atomic E-state index is 0.106. The summed E-state index contributed by atoms with van der Waals surface area (Å²) < 4.78 is 0. The molecule has 1 saturated heterocycles. The van der Waals surface area contributed by atoms with Crippen LogP contribution in [0, 0.1) is 0 Å². The molecule has 0 amide bonds. The minimum absolute atomic E-state index is 0.106. The first kappa shape index (κ1) is 11.2. The van der Waals surface area contributed by atoms with Gasteiger partial charge in [0.05, 0.1) is 6.04 Å². The van der Waals surface area contributed by atoms with Gasteiger partial charge in [-0.1, -0.05) is 48.5 Å². The smallest absolute Gasteiger partial charge is 0.112 e. The van der Waals surface area contributed by atoms with Crippen molar-refractivity contribution in [2.45, 2.75) is 12.2 Å². The Bertz CT molecular complexity index is 486. The second kappa shape index (κ2) is 5.18. The first-order chi connectivity index (χ1) is 8.93. The van der Waals surface area contributed by atoms with Crippen molar-refractivity contribution in [2.24, 2.45) is 0 Å². The van der Waals surface area contributed by atoms with Gasteiger partial charge in [0.25, 0.3) is 0 Å². The monoisotopic (exact) mass is 240 g/mol. The fourth-order valence-electron chi connectivity index (χ4n) is 2.13. The number of hydrogen-bond donors (Lipinski definition) is 4. The number of anilines is 1. The van der Waals surface area contributed by atoms with Crippen molar-refractivity contribution in [3.05, 3.63) is 66.2 Å². The van der Waals surface area contributed by atoms with E-state index in [1.165, 1.54) is 5.56 Å². The average molecular weight is 240 g/mol. The van der Waals surface area contributed by atoms with Crippen molar-refractivity contribution >= 4 is 5.69 Å². The van der Waals surface area contributed by atoms with Crippen LogP contribution in [0.4, 0.5) is 5.69 Å². The highest BCUT2D eigenvalue weighted by atomic mass is 15.7. The molecule has 0 aromatic heterocycles. The van der Waals surface area contributed by atoms with Gasteiger partial charge in [-0.2, -0.15) is 5.53 Å². The summed E-state index contributed by atoms with van der Waals surface area (Å²) in [5.41, 5.74) is 11.7. The van der Waals surface area contributed by atoms with E-state index in [4.69, 9.17) is 0 Å². The van der Waals surface area contributed by atoms with Crippen LogP contribution < -0.4 is 21.7 Å². The van der Waals surface area contributed by atoms with E-state index in [1.807, 2.05) is 24.3 Å². The van der Waals surface area contributed by atoms with Crippen molar-refractivity contribution < 1.29 is 0 Å². The minimum Gasteiger partial charge on any atom is -0.367 e. The number of hydrazine groups is 2. The van der Waals surface area contributed by atoms with Crippen LogP contribution >= 0.6 is 0 Å². The second-order valence-corrected chi connectivity index (χ2v) is 4.29. The summed E-state index contributed by atoms with van der Waals surface area (Å²) in [6.45, 7) is 0. The zero-order valence-corrected chi connectivity index (χ0v) is 9.93. The van der Waals surface area contributed by atoms with Gasteiger partial charge in [0.2, 0.25) is 0 Å². The standard InChI is InChI=1S/C14H16N4/c1-3-7-11(8-4-1)13-14(17-18-16-13)15-12-9-5-2-6-10-12/h1-10,13-18H. The van der Waals surface area contributed by atoms with E-state index in [2.05, 4.69) is 58.1 Å². The lowest BCUT2D eigenvalue weighted by molar-refractivity contribution is 0.555. The van der Waals surface area contributed by atoms with Crippen molar-refractivity contribution in [1.29, 1.82) is 0 Å². The predicted octanol–water partition coefficient (Wildman–Crippen LogP) is 1.78. The number of benzene rings is 2. The number of hydrogen-bond acceptors (Lipinski definition) is 4. The van der Waals surface area contributed by atoms with Crippen molar-refractivity contribution in [3.8, 4) is 0 Å². The maximum Gasteiger partial charge on any atom is 0.112 e. The Hall–Kier alpha value is -1.88. The number of nitrogens with one attached hydrogen (secondary N) is 4. The quantitative estimate of drug-likeness (QED) is 0.660. The molecule has 1 aliphatic heterocycles. The van der Waals surface area contributed by atoms with Crippen LogP contribution in [-0.4, -0.2) is 6.17 Å². The molecule has 2 unspecified atom stereocenters. The van der Waals surface area contributed by atoms with E-state index in [-0.39, 0.29) is 12.2 Å². The molecular weight excluding hydrogens is 224 g/mol. The van der Waals surface area contributed by atoms with Gasteiger partial charge in [-0.25, -0.2) is 10.9 Å². The summed E-state index contributed by atoms with van der Waals surface area (Å²) in [5, 5.41) is 3.45. The highest BCUT2D eigenvalue weighted by molar-refractivity contribution is 5.44. The molecule has 4 nitrogen and oxygen atoms in total. The van der Waals surface area contributed by atoms with E-state index in [1.54, 1.807) is 0 Å². The summed E-state index contributed by atoms with van der Waals surface area (Å²) in [4.78, 5) is 0. The van der Waals surface area contributed by atoms with Crippen LogP contribution in [0.5, 0.6) is 0 Å². The van der Waals surface area contributed by atoms with Crippen LogP contribution in [-0.2, 0) is 0 Å². The number of rotatable bonds is 3. The Morgan fingerprint density at radius 3 is 2.17 bits per heavy atom. The molecule has 2 aromatic rings. The molecule has 3 rings (SSSR count). The van der Waals surface area contributed by atoms with E-state index in [0.29, 0.717) is 0 Å². The van der Waals surface area contributed by atoms with Crippen molar-refractivity contribution in [2.75, 3.05) is 5.32 Å². The lowest BCUT2D eigenvalue weighted by Crippen LogP contribution is -2.37. The summed E-state index contributed by atoms with van der Waals surface area (Å²) in [7, 11) is 0. The Morgan fingerprint density at radius 2 is 1.44 bits per heavy atom. The first-order valence-corrected chi connectivity index (χ1v) is 6.06. The molecule has 18 heavy (non-hydrogen) atoms. The molecule has 4 N–H and O–H groups in total. The molecule has 2 atom stereocenters. The van der Waals surface area contributed by atoms with Crippen LogP contribution in [0.15, 0.2) is 60.7 Å². The summed E-state index contributed by atoms with van der Waals surface area (Å²) in [6.07, 6.45) is 0.106. The Labute approximate surface area is 106 Å². The number of para-hydroxylation sites is 1. The highest BCUT2D eigenvalue weighted by Gasteiger charge is 2.27. The molecule has 1 aliphatic rings. The topological polar surface area (TPSA) is 48.1 Å². The molecule has 2 aromatic carbocycles. The van der Waals surface area contributed by atoms with E-state index >= 15 is 0 Å². The van der Waals surface area contributed by atoms with E-state index in [9.17, 15) is 0 Å². The average Bonchev–Trinajstić information content (AvgIpc) is 2.89. The molecule has 0 spiro atoms. The van der Waals surface area contributed by atoms with Gasteiger partial charge in [0, 0.05) is 5.69 Å². The van der Waals surface area contributed by atoms with Gasteiger partial charge in [-0.3, -0.25) is 0 Å². The molecule has 4 heteroatoms. The van der Waals surface area contributed by atoms with Crippen LogP contribution in [0.1, 0.15) is 11.6 Å². The Balaban J connectivity index is 1.76. The van der Waals surface area contributed by atoms with Crippen LogP contribution in [0.25, 0.3) is 0 Å². The summed E-state index contributed by atoms with van der Waals surface area (Å²) >= 11 is 0. The maximum atomic E-state index is 3.45. The van der Waals surface area contributed by atoms with Crippen LogP contribution in [0.2, 0.25) is 0 Å². The van der Waals surface area contributed by atoms with Gasteiger partial charge in [-0.05, 0) is 17.7 Å². The molecule has 0 bridgehead atoms. The Morgan fingerprint density at radius 1 is 0.778 bits per heavy atom. The van der Waals surface area contributed by atoms with Gasteiger partial charge >= 0.3 is 0 Å². The SMILES string of the molecule is c1ccc(NC2NNNC2c2ccccc2)cc1. The second-order valence-electron chi connectivity index (χ2n) is 4.29. The lowest BCUT2D eigenvalue weighted by Gasteiger charge is -2.20. The summed E-state index contributed by atoms with van der Waals surface area (Å²) in [6, 6.07) is 20.7. The third-order valence-corrected chi connectivity index (χ3v) is 3.04. The third kappa shape index (κ3) is 2.36. The normalized spacial score (nSPS) is 22.9. The third-order valence-electron chi connectivity index (χ3n) is 3.04. The zero-order valence-electron chi connectivity index (χ0n) is 9.93. The lowest BCUT2D eigenvalue weighted by atomic mass is 10.1. The summed E-state index contributed by atoms with van der Waals surface area (Å²) in [5.74, 6) is 0. The molecule has 1 heterocycles. The first-order valence-electron chi connectivity index (χ1n) is 6.06. The molecular formula is C14H16N4. The van der Waals surface area contributed by atoms with Gasteiger partial charge in [0.1, 0.15) is 6.17 Å². The molecule has 0 radical (unpaired) electrons. The van der Waals surface area contributed by atoms with Gasteiger partial charge in [-0.15, -0.1) is 0 Å². The maximum absolute atomic E-state index is 3.45. The van der Waals surface area contributed by atoms with Crippen LogP contribution in [0.3, 0.4) is 0 Å². The molecule has 1 fully saturated rings. The largest absolute Gasteiger partial charge is 0.367 e. The Kier molecular flexibility index (Phi) is 3.23. The molecule has 0 saturated carbocycles. The fraction of sp³-hybridized carbons (Fsp3) is 0.143. The van der Waals surface area contributed by atoms with Crippen molar-refractivity contribution in [1.82, 2.24) is 16.4 Å². The zero-order chi connectivity index (χ0) is 12.2. The molecule has 0 aliphatic carbocycles. The predicted molar refractivity (Wildman–Crippen MR) is 72.4 cm³/mol. The van der Waals surface area contributed by atoms with E-state index < -0.39 is 0 Å². The van der Waals surface area contributed by atoms with Gasteiger partial charge < -0.3 is 5.32 Å². The highest BCUT2D eigenvalue weighted by Crippen LogP contribution is 2.20. The molecule has 92 valence electrons. The van der Waals surface area contributed by atoms with Crippen molar-refractivity contribution in [3.63, 3.8) is 0 Å². The van der Waals surface area contributed by atoms with E-state index in [0.717, 1.165) is 5.69 Å².